The van der Waals surface area contributed by atoms with E-state index in [4.69, 9.17) is 15.2 Å². The maximum absolute atomic E-state index is 12.1. The Balaban J connectivity index is 2.23. The van der Waals surface area contributed by atoms with Crippen LogP contribution in [-0.2, 0) is 14.3 Å². The maximum atomic E-state index is 12.1. The second kappa shape index (κ2) is 5.04. The number of nitrogens with zero attached hydrogens (tertiary/aromatic N) is 1. The average molecular weight is 290 g/mol. The maximum Gasteiger partial charge on any atom is 0.342 e. The molecule has 3 rings (SSSR count). The van der Waals surface area contributed by atoms with Crippen LogP contribution in [0.25, 0.3) is 0 Å². The van der Waals surface area contributed by atoms with Crippen LogP contribution in [0.5, 0.6) is 0 Å². The predicted molar refractivity (Wildman–Crippen MR) is 77.3 cm³/mol. The first-order valence-electron chi connectivity index (χ1n) is 6.95. The third kappa shape index (κ3) is 2.06. The Morgan fingerprint density at radius 2 is 2.19 bits per heavy atom. The molecule has 1 fully saturated rings. The number of rotatable bonds is 1. The van der Waals surface area contributed by atoms with E-state index < -0.39 is 5.97 Å². The minimum absolute atomic E-state index is 0.0180. The summed E-state index contributed by atoms with van der Waals surface area (Å²) in [5.41, 5.74) is 8.07. The van der Waals surface area contributed by atoms with Crippen LogP contribution in [0.1, 0.15) is 35.2 Å². The van der Waals surface area contributed by atoms with Crippen LogP contribution < -0.4 is 10.6 Å². The van der Waals surface area contributed by atoms with Gasteiger partial charge in [0.05, 0.1) is 25.4 Å². The molecule has 6 heteroatoms. The van der Waals surface area contributed by atoms with Gasteiger partial charge in [-0.1, -0.05) is 6.07 Å². The summed E-state index contributed by atoms with van der Waals surface area (Å²) >= 11 is 0. The summed E-state index contributed by atoms with van der Waals surface area (Å²) < 4.78 is 10.5. The summed E-state index contributed by atoms with van der Waals surface area (Å²) in [5.74, 6) is -0.464. The molecule has 0 aliphatic carbocycles. The predicted octanol–water partition coefficient (Wildman–Crippen LogP) is 1.29. The third-order valence-electron chi connectivity index (χ3n) is 4.25. The third-order valence-corrected chi connectivity index (χ3v) is 4.25. The van der Waals surface area contributed by atoms with Crippen molar-refractivity contribution in [2.24, 2.45) is 0 Å². The van der Waals surface area contributed by atoms with E-state index in [1.807, 2.05) is 6.07 Å². The Morgan fingerprint density at radius 3 is 2.86 bits per heavy atom. The van der Waals surface area contributed by atoms with Crippen LogP contribution in [0.2, 0.25) is 0 Å². The lowest BCUT2D eigenvalue weighted by molar-refractivity contribution is -0.117. The minimum Gasteiger partial charge on any atom is -0.465 e. The number of fused-ring (bicyclic) bond motifs is 3. The summed E-state index contributed by atoms with van der Waals surface area (Å²) in [4.78, 5) is 25.7. The monoisotopic (exact) mass is 290 g/mol. The van der Waals surface area contributed by atoms with Crippen LogP contribution in [0.15, 0.2) is 12.1 Å². The fourth-order valence-electron chi connectivity index (χ4n) is 3.27. The number of amides is 1. The van der Waals surface area contributed by atoms with Gasteiger partial charge in [-0.3, -0.25) is 4.79 Å². The van der Waals surface area contributed by atoms with E-state index in [0.717, 1.165) is 12.0 Å². The van der Waals surface area contributed by atoms with Gasteiger partial charge in [0.1, 0.15) is 5.56 Å². The fourth-order valence-corrected chi connectivity index (χ4v) is 3.27. The molecule has 1 aromatic rings. The molecular weight excluding hydrogens is 272 g/mol. The number of anilines is 2. The molecule has 0 aromatic heterocycles. The molecule has 0 radical (unpaired) electrons. The number of nitrogens with two attached hydrogens (primary N) is 1. The Morgan fingerprint density at radius 1 is 1.43 bits per heavy atom. The largest absolute Gasteiger partial charge is 0.465 e. The number of hydrogen-bond donors (Lipinski definition) is 1. The van der Waals surface area contributed by atoms with Gasteiger partial charge in [-0.15, -0.1) is 0 Å². The van der Waals surface area contributed by atoms with Gasteiger partial charge >= 0.3 is 5.97 Å². The molecule has 1 saturated heterocycles. The lowest BCUT2D eigenvalue weighted by Gasteiger charge is -2.37. The molecule has 0 unspecified atom stereocenters. The first-order valence-corrected chi connectivity index (χ1v) is 6.95. The standard InChI is InChI=1S/C15H18N2O4/c1-8(18)17-7-12-9(5-6-21-12)10-3-4-11(16)13(14(10)17)15(19)20-2/h3-4,9,12H,5-7,16H2,1-2H3/t9-,12+/m1/s1. The zero-order valence-electron chi connectivity index (χ0n) is 12.1. The van der Waals surface area contributed by atoms with Gasteiger partial charge in [0, 0.05) is 25.1 Å². The van der Waals surface area contributed by atoms with Gasteiger partial charge < -0.3 is 20.1 Å². The molecule has 21 heavy (non-hydrogen) atoms. The number of hydrogen-bond acceptors (Lipinski definition) is 5. The Hall–Kier alpha value is -2.08. The smallest absolute Gasteiger partial charge is 0.342 e. The number of esters is 1. The van der Waals surface area contributed by atoms with Crippen molar-refractivity contribution in [1.29, 1.82) is 0 Å². The van der Waals surface area contributed by atoms with Crippen molar-refractivity contribution < 1.29 is 19.1 Å². The Labute approximate surface area is 122 Å². The summed E-state index contributed by atoms with van der Waals surface area (Å²) in [6.45, 7) is 2.59. The van der Waals surface area contributed by atoms with Gasteiger partial charge in [0.25, 0.3) is 0 Å². The molecule has 6 nitrogen and oxygen atoms in total. The van der Waals surface area contributed by atoms with Gasteiger partial charge in [-0.25, -0.2) is 4.79 Å². The average Bonchev–Trinajstić information content (AvgIpc) is 2.93. The quantitative estimate of drug-likeness (QED) is 0.622. The molecule has 2 aliphatic rings. The molecule has 0 spiro atoms. The lowest BCUT2D eigenvalue weighted by atomic mass is 9.85. The van der Waals surface area contributed by atoms with E-state index in [1.54, 1.807) is 11.0 Å². The Bertz CT molecular complexity index is 614. The van der Waals surface area contributed by atoms with E-state index in [1.165, 1.54) is 14.0 Å². The van der Waals surface area contributed by atoms with Crippen LogP contribution in [-0.4, -0.2) is 38.2 Å². The van der Waals surface area contributed by atoms with Gasteiger partial charge in [-0.05, 0) is 18.1 Å². The molecule has 1 amide bonds. The molecule has 0 bridgehead atoms. The zero-order valence-corrected chi connectivity index (χ0v) is 12.1. The van der Waals surface area contributed by atoms with E-state index in [9.17, 15) is 9.59 Å². The first-order chi connectivity index (χ1) is 10.0. The van der Waals surface area contributed by atoms with Crippen molar-refractivity contribution >= 4 is 23.3 Å². The van der Waals surface area contributed by atoms with Crippen molar-refractivity contribution in [2.75, 3.05) is 30.9 Å². The Kier molecular flexibility index (Phi) is 3.33. The van der Waals surface area contributed by atoms with Crippen LogP contribution in [0, 0.1) is 0 Å². The van der Waals surface area contributed by atoms with Crippen molar-refractivity contribution in [3.63, 3.8) is 0 Å². The van der Waals surface area contributed by atoms with Gasteiger partial charge in [-0.2, -0.15) is 0 Å². The highest BCUT2D eigenvalue weighted by Gasteiger charge is 2.41. The first kappa shape index (κ1) is 13.9. The second-order valence-corrected chi connectivity index (χ2v) is 5.39. The van der Waals surface area contributed by atoms with E-state index in [2.05, 4.69) is 0 Å². The molecule has 1 aromatic carbocycles. The fraction of sp³-hybridized carbons (Fsp3) is 0.467. The molecular formula is C15H18N2O4. The van der Waals surface area contributed by atoms with Gasteiger partial charge in [0.15, 0.2) is 0 Å². The second-order valence-electron chi connectivity index (χ2n) is 5.39. The SMILES string of the molecule is COC(=O)c1c(N)ccc2c1N(C(C)=O)C[C@@H]1OCC[C@H]21. The molecule has 2 heterocycles. The van der Waals surface area contributed by atoms with E-state index in [0.29, 0.717) is 24.5 Å². The number of carbonyl (C=O) groups is 2. The molecule has 2 atom stereocenters. The number of ether oxygens (including phenoxy) is 2. The topological polar surface area (TPSA) is 81.9 Å². The summed E-state index contributed by atoms with van der Waals surface area (Å²) in [7, 11) is 1.31. The highest BCUT2D eigenvalue weighted by Crippen LogP contribution is 2.45. The minimum atomic E-state index is -0.520. The van der Waals surface area contributed by atoms with Crippen LogP contribution in [0.4, 0.5) is 11.4 Å². The molecule has 2 aliphatic heterocycles. The number of benzene rings is 1. The van der Waals surface area contributed by atoms with Crippen LogP contribution in [0.3, 0.4) is 0 Å². The van der Waals surface area contributed by atoms with E-state index in [-0.39, 0.29) is 23.5 Å². The van der Waals surface area contributed by atoms with Gasteiger partial charge in [0.2, 0.25) is 5.91 Å². The zero-order chi connectivity index (χ0) is 15.1. The number of carbonyl (C=O) groups excluding carboxylic acids is 2. The van der Waals surface area contributed by atoms with E-state index >= 15 is 0 Å². The molecule has 2 N–H and O–H groups in total. The number of methoxy groups -OCH3 is 1. The summed E-state index contributed by atoms with van der Waals surface area (Å²) in [6, 6.07) is 3.59. The molecule has 0 saturated carbocycles. The van der Waals surface area contributed by atoms with Crippen LogP contribution >= 0.6 is 0 Å². The summed E-state index contributed by atoms with van der Waals surface area (Å²) in [6.07, 6.45) is 0.865. The summed E-state index contributed by atoms with van der Waals surface area (Å²) in [5, 5.41) is 0. The molecule has 112 valence electrons. The highest BCUT2D eigenvalue weighted by molar-refractivity contribution is 6.07. The van der Waals surface area contributed by atoms with Crippen molar-refractivity contribution in [1.82, 2.24) is 0 Å². The highest BCUT2D eigenvalue weighted by atomic mass is 16.5. The van der Waals surface area contributed by atoms with Crippen molar-refractivity contribution in [3.8, 4) is 0 Å². The number of nitrogen functional groups attached to an aromatic ring is 1. The van der Waals surface area contributed by atoms with Crippen molar-refractivity contribution in [2.45, 2.75) is 25.4 Å². The normalized spacial score (nSPS) is 23.4. The lowest BCUT2D eigenvalue weighted by Crippen LogP contribution is -2.43. The van der Waals surface area contributed by atoms with Crippen molar-refractivity contribution in [3.05, 3.63) is 23.3 Å².